The van der Waals surface area contributed by atoms with Crippen LogP contribution in [0.15, 0.2) is 12.8 Å². The number of carboxylic acids is 1. The molecule has 0 radical (unpaired) electrons. The normalized spacial score (nSPS) is 31.1. The molecule has 3 heteroatoms. The average Bonchev–Trinajstić information content (AvgIpc) is 2.47. The van der Waals surface area contributed by atoms with Crippen LogP contribution in [-0.2, 0) is 4.79 Å². The molecule has 2 N–H and O–H groups in total. The zero-order valence-corrected chi connectivity index (χ0v) is 5.00. The van der Waals surface area contributed by atoms with Gasteiger partial charge in [0.2, 0.25) is 0 Å². The van der Waals surface area contributed by atoms with Crippen LogP contribution in [0.5, 0.6) is 0 Å². The summed E-state index contributed by atoms with van der Waals surface area (Å²) in [4.78, 5) is 10.2. The molecule has 1 rings (SSSR count). The monoisotopic (exact) mass is 127 g/mol. The molecule has 1 aliphatic carbocycles. The zero-order chi connectivity index (χ0) is 6.85. The van der Waals surface area contributed by atoms with Gasteiger partial charge in [0, 0.05) is 6.04 Å². The average molecular weight is 127 g/mol. The number of carbonyl (C=O) groups is 1. The molecule has 0 saturated heterocycles. The summed E-state index contributed by atoms with van der Waals surface area (Å²) in [5.74, 6) is -0.891. The van der Waals surface area contributed by atoms with E-state index in [4.69, 9.17) is 5.11 Å². The molecule has 9 heavy (non-hydrogen) atoms. The van der Waals surface area contributed by atoms with Gasteiger partial charge in [0.25, 0.3) is 0 Å². The molecule has 2 atom stereocenters. The largest absolute Gasteiger partial charge is 0.481 e. The van der Waals surface area contributed by atoms with Gasteiger partial charge in [-0.25, -0.2) is 0 Å². The summed E-state index contributed by atoms with van der Waals surface area (Å²) in [5.41, 5.74) is 0. The van der Waals surface area contributed by atoms with Gasteiger partial charge >= 0.3 is 5.97 Å². The van der Waals surface area contributed by atoms with Crippen molar-refractivity contribution < 1.29 is 9.90 Å². The van der Waals surface area contributed by atoms with E-state index >= 15 is 0 Å². The SMILES string of the molecule is C=CNC1CC1C(=O)O. The maximum Gasteiger partial charge on any atom is 0.308 e. The lowest BCUT2D eigenvalue weighted by Gasteiger charge is -1.92. The molecule has 0 spiro atoms. The second-order valence-corrected chi connectivity index (χ2v) is 2.16. The van der Waals surface area contributed by atoms with Crippen LogP contribution in [-0.4, -0.2) is 17.1 Å². The molecule has 0 aromatic rings. The van der Waals surface area contributed by atoms with Crippen molar-refractivity contribution in [2.75, 3.05) is 0 Å². The van der Waals surface area contributed by atoms with Crippen molar-refractivity contribution in [3.05, 3.63) is 12.8 Å². The molecule has 1 saturated carbocycles. The molecular formula is C6H9NO2. The summed E-state index contributed by atoms with van der Waals surface area (Å²) < 4.78 is 0. The molecule has 0 aliphatic heterocycles. The number of aliphatic carboxylic acids is 1. The van der Waals surface area contributed by atoms with Crippen molar-refractivity contribution in [2.45, 2.75) is 12.5 Å². The van der Waals surface area contributed by atoms with E-state index in [-0.39, 0.29) is 12.0 Å². The molecule has 0 aromatic carbocycles. The van der Waals surface area contributed by atoms with Crippen LogP contribution in [0.4, 0.5) is 0 Å². The molecule has 0 heterocycles. The third-order valence-corrected chi connectivity index (χ3v) is 1.44. The minimum Gasteiger partial charge on any atom is -0.481 e. The van der Waals surface area contributed by atoms with Crippen LogP contribution >= 0.6 is 0 Å². The first-order valence-corrected chi connectivity index (χ1v) is 2.85. The molecule has 1 fully saturated rings. The third kappa shape index (κ3) is 1.22. The quantitative estimate of drug-likeness (QED) is 0.569. The fraction of sp³-hybridized carbons (Fsp3) is 0.500. The van der Waals surface area contributed by atoms with Gasteiger partial charge < -0.3 is 10.4 Å². The summed E-state index contributed by atoms with van der Waals surface area (Å²) in [5, 5.41) is 11.2. The minimum atomic E-state index is -0.714. The van der Waals surface area contributed by atoms with E-state index in [9.17, 15) is 4.79 Å². The highest BCUT2D eigenvalue weighted by Crippen LogP contribution is 2.29. The second-order valence-electron chi connectivity index (χ2n) is 2.16. The lowest BCUT2D eigenvalue weighted by atomic mass is 10.4. The van der Waals surface area contributed by atoms with Crippen LogP contribution in [0.25, 0.3) is 0 Å². The summed E-state index contributed by atoms with van der Waals surface area (Å²) in [6, 6.07) is 0.139. The molecule has 50 valence electrons. The molecule has 0 aromatic heterocycles. The summed E-state index contributed by atoms with van der Waals surface area (Å²) in [6.07, 6.45) is 2.27. The first kappa shape index (κ1) is 6.13. The number of carboxylic acid groups (broad SMARTS) is 1. The van der Waals surface area contributed by atoms with Crippen molar-refractivity contribution in [3.8, 4) is 0 Å². The zero-order valence-electron chi connectivity index (χ0n) is 5.00. The predicted molar refractivity (Wildman–Crippen MR) is 32.9 cm³/mol. The highest BCUT2D eigenvalue weighted by Gasteiger charge is 2.42. The van der Waals surface area contributed by atoms with Crippen LogP contribution in [0.3, 0.4) is 0 Å². The van der Waals surface area contributed by atoms with E-state index in [1.165, 1.54) is 6.20 Å². The van der Waals surface area contributed by atoms with Gasteiger partial charge in [0.15, 0.2) is 0 Å². The van der Waals surface area contributed by atoms with Gasteiger partial charge in [0.05, 0.1) is 5.92 Å². The summed E-state index contributed by atoms with van der Waals surface area (Å²) in [6.45, 7) is 3.43. The van der Waals surface area contributed by atoms with Crippen LogP contribution < -0.4 is 5.32 Å². The molecule has 3 nitrogen and oxygen atoms in total. The number of nitrogens with one attached hydrogen (secondary N) is 1. The smallest absolute Gasteiger partial charge is 0.308 e. The Morgan fingerprint density at radius 3 is 2.89 bits per heavy atom. The van der Waals surface area contributed by atoms with Crippen molar-refractivity contribution in [1.82, 2.24) is 5.32 Å². The van der Waals surface area contributed by atoms with Gasteiger partial charge in [-0.3, -0.25) is 4.79 Å². The lowest BCUT2D eigenvalue weighted by molar-refractivity contribution is -0.138. The van der Waals surface area contributed by atoms with Gasteiger partial charge in [-0.05, 0) is 12.6 Å². The van der Waals surface area contributed by atoms with Crippen molar-refractivity contribution in [3.63, 3.8) is 0 Å². The van der Waals surface area contributed by atoms with Crippen LogP contribution in [0.1, 0.15) is 6.42 Å². The Bertz CT molecular complexity index is 144. The fourth-order valence-corrected chi connectivity index (χ4v) is 0.804. The van der Waals surface area contributed by atoms with Gasteiger partial charge in [-0.2, -0.15) is 0 Å². The van der Waals surface area contributed by atoms with Crippen molar-refractivity contribution in [1.29, 1.82) is 0 Å². The number of rotatable bonds is 3. The molecule has 0 amide bonds. The Hall–Kier alpha value is -0.990. The Kier molecular flexibility index (Phi) is 1.42. The van der Waals surface area contributed by atoms with Gasteiger partial charge in [-0.1, -0.05) is 6.58 Å². The van der Waals surface area contributed by atoms with Crippen LogP contribution in [0, 0.1) is 5.92 Å². The molecule has 1 aliphatic rings. The second kappa shape index (κ2) is 2.09. The molecule has 0 bridgehead atoms. The maximum atomic E-state index is 10.2. The van der Waals surface area contributed by atoms with Crippen LogP contribution in [0.2, 0.25) is 0 Å². The van der Waals surface area contributed by atoms with Crippen molar-refractivity contribution >= 4 is 5.97 Å². The Morgan fingerprint density at radius 2 is 2.56 bits per heavy atom. The van der Waals surface area contributed by atoms with E-state index in [1.807, 2.05) is 0 Å². The van der Waals surface area contributed by atoms with E-state index < -0.39 is 5.97 Å². The predicted octanol–water partition coefficient (Wildman–Crippen LogP) is 0.193. The molecule has 2 unspecified atom stereocenters. The highest BCUT2D eigenvalue weighted by molar-refractivity contribution is 5.74. The lowest BCUT2D eigenvalue weighted by Crippen LogP contribution is -2.13. The Balaban J connectivity index is 2.24. The topological polar surface area (TPSA) is 49.3 Å². The fourth-order valence-electron chi connectivity index (χ4n) is 0.804. The highest BCUT2D eigenvalue weighted by atomic mass is 16.4. The maximum absolute atomic E-state index is 10.2. The number of hydrogen-bond acceptors (Lipinski definition) is 2. The minimum absolute atomic E-state index is 0.139. The van der Waals surface area contributed by atoms with E-state index in [1.54, 1.807) is 0 Å². The molecular weight excluding hydrogens is 118 g/mol. The number of hydrogen-bond donors (Lipinski definition) is 2. The van der Waals surface area contributed by atoms with Gasteiger partial charge in [-0.15, -0.1) is 0 Å². The van der Waals surface area contributed by atoms with E-state index in [2.05, 4.69) is 11.9 Å². The van der Waals surface area contributed by atoms with Crippen molar-refractivity contribution in [2.24, 2.45) is 5.92 Å². The van der Waals surface area contributed by atoms with Gasteiger partial charge in [0.1, 0.15) is 0 Å². The standard InChI is InChI=1S/C6H9NO2/c1-2-7-5-3-4(5)6(8)9/h2,4-5,7H,1,3H2,(H,8,9). The first-order chi connectivity index (χ1) is 4.25. The third-order valence-electron chi connectivity index (χ3n) is 1.44. The summed E-state index contributed by atoms with van der Waals surface area (Å²) in [7, 11) is 0. The summed E-state index contributed by atoms with van der Waals surface area (Å²) >= 11 is 0. The Labute approximate surface area is 53.4 Å². The first-order valence-electron chi connectivity index (χ1n) is 2.85. The Morgan fingerprint density at radius 1 is 1.89 bits per heavy atom. The van der Waals surface area contributed by atoms with E-state index in [0.29, 0.717) is 0 Å². The van der Waals surface area contributed by atoms with E-state index in [0.717, 1.165) is 6.42 Å².